The van der Waals surface area contributed by atoms with E-state index in [0.29, 0.717) is 9.87 Å². The number of ether oxygens (including phenoxy) is 2. The number of halogens is 3. The number of hydrogen-bond donors (Lipinski definition) is 0. The molecule has 0 spiro atoms. The SMILES string of the molecule is CCN(c1cnc(N(COC=O)S(=O)(=O)c2ccc(OC(F)(F)F)cc2)c2ccccc12)S(=O)(=O)c1ccc(C(C)=O)cc1. The van der Waals surface area contributed by atoms with E-state index in [2.05, 4.69) is 9.72 Å². The van der Waals surface area contributed by atoms with Gasteiger partial charge < -0.3 is 9.47 Å². The first-order chi connectivity index (χ1) is 20.7. The van der Waals surface area contributed by atoms with E-state index in [1.165, 1.54) is 37.3 Å². The molecule has 0 bridgehead atoms. The van der Waals surface area contributed by atoms with Crippen LogP contribution < -0.4 is 13.3 Å². The normalized spacial score (nSPS) is 12.0. The van der Waals surface area contributed by atoms with Gasteiger partial charge in [-0.1, -0.05) is 36.4 Å². The van der Waals surface area contributed by atoms with Gasteiger partial charge in [0.2, 0.25) is 0 Å². The van der Waals surface area contributed by atoms with Crippen molar-refractivity contribution < 1.29 is 49.1 Å². The van der Waals surface area contributed by atoms with Gasteiger partial charge in [-0.3, -0.25) is 13.9 Å². The molecular weight excluding hydrogens is 627 g/mol. The molecule has 0 aliphatic heterocycles. The Balaban J connectivity index is 1.82. The Hall–Kier alpha value is -4.70. The second-order valence-corrected chi connectivity index (χ2v) is 12.8. The Morgan fingerprint density at radius 2 is 1.41 bits per heavy atom. The van der Waals surface area contributed by atoms with Crippen LogP contribution in [0.15, 0.2) is 88.8 Å². The fraction of sp³-hybridized carbons (Fsp3) is 0.179. The number of Topliss-reactive ketones (excluding diaryl/α,β-unsaturated/α-hetero) is 1. The summed E-state index contributed by atoms with van der Waals surface area (Å²) in [4.78, 5) is 26.4. The molecule has 4 aromatic rings. The summed E-state index contributed by atoms with van der Waals surface area (Å²) in [6.45, 7) is 2.03. The first-order valence-corrected chi connectivity index (χ1v) is 15.5. The number of benzene rings is 3. The molecule has 0 aliphatic carbocycles. The minimum Gasteiger partial charge on any atom is -0.445 e. The van der Waals surface area contributed by atoms with E-state index in [-0.39, 0.29) is 46.0 Å². The summed E-state index contributed by atoms with van der Waals surface area (Å²) in [6, 6.07) is 14.9. The Kier molecular flexibility index (Phi) is 9.15. The molecule has 4 rings (SSSR count). The summed E-state index contributed by atoms with van der Waals surface area (Å²) in [7, 11) is -8.80. The van der Waals surface area contributed by atoms with Crippen molar-refractivity contribution in [1.29, 1.82) is 0 Å². The minimum absolute atomic E-state index is 0.00210. The summed E-state index contributed by atoms with van der Waals surface area (Å²) in [5.74, 6) is -1.14. The number of carbonyl (C=O) groups excluding carboxylic acids is 2. The van der Waals surface area contributed by atoms with Crippen molar-refractivity contribution in [3.8, 4) is 5.75 Å². The Bertz CT molecular complexity index is 1900. The summed E-state index contributed by atoms with van der Waals surface area (Å²) in [5, 5.41) is 0.421. The van der Waals surface area contributed by atoms with Crippen LogP contribution in [0, 0.1) is 0 Å². The van der Waals surface area contributed by atoms with Crippen molar-refractivity contribution in [2.75, 3.05) is 21.9 Å². The molecule has 232 valence electrons. The quantitative estimate of drug-likeness (QED) is 0.119. The number of nitrogens with zero attached hydrogens (tertiary/aromatic N) is 3. The number of anilines is 2. The Morgan fingerprint density at radius 3 is 1.93 bits per heavy atom. The summed E-state index contributed by atoms with van der Waals surface area (Å²) >= 11 is 0. The predicted molar refractivity (Wildman–Crippen MR) is 153 cm³/mol. The second-order valence-electron chi connectivity index (χ2n) is 9.03. The molecule has 0 atom stereocenters. The van der Waals surface area contributed by atoms with Crippen LogP contribution in [-0.2, 0) is 29.6 Å². The van der Waals surface area contributed by atoms with Crippen LogP contribution in [0.25, 0.3) is 10.8 Å². The monoisotopic (exact) mass is 651 g/mol. The van der Waals surface area contributed by atoms with Gasteiger partial charge in [0, 0.05) is 22.9 Å². The number of alkyl halides is 3. The Morgan fingerprint density at radius 1 is 0.864 bits per heavy atom. The van der Waals surface area contributed by atoms with E-state index in [1.54, 1.807) is 25.1 Å². The average Bonchev–Trinajstić information content (AvgIpc) is 2.97. The molecular formula is C28H24F3N3O8S2. The molecule has 11 nitrogen and oxygen atoms in total. The van der Waals surface area contributed by atoms with Gasteiger partial charge in [0.25, 0.3) is 26.5 Å². The zero-order chi connectivity index (χ0) is 32.3. The van der Waals surface area contributed by atoms with Gasteiger partial charge in [0.05, 0.1) is 21.7 Å². The standard InChI is InChI=1S/C28H24F3N3O8S2/c1-3-33(43(37,38)22-12-8-20(9-13-22)19(2)36)26-16-32-27(25-7-5-4-6-24(25)26)34(17-41-18-35)44(39,40)23-14-10-21(11-15-23)42-28(29,30)31/h4-16,18H,3,17H2,1-2H3. The number of hydrogen-bond acceptors (Lipinski definition) is 9. The number of fused-ring (bicyclic) bond motifs is 1. The van der Waals surface area contributed by atoms with Crippen LogP contribution in [0.5, 0.6) is 5.75 Å². The van der Waals surface area contributed by atoms with Gasteiger partial charge in [0.1, 0.15) is 5.75 Å². The number of sulfonamides is 2. The molecule has 0 N–H and O–H groups in total. The van der Waals surface area contributed by atoms with Gasteiger partial charge >= 0.3 is 6.36 Å². The van der Waals surface area contributed by atoms with Crippen molar-refractivity contribution in [3.05, 3.63) is 84.6 Å². The highest BCUT2D eigenvalue weighted by Gasteiger charge is 2.33. The number of pyridine rings is 1. The third-order valence-electron chi connectivity index (χ3n) is 6.30. The zero-order valence-corrected chi connectivity index (χ0v) is 24.7. The molecule has 44 heavy (non-hydrogen) atoms. The first kappa shape index (κ1) is 32.2. The summed E-state index contributed by atoms with van der Waals surface area (Å²) in [6.07, 6.45) is -3.85. The van der Waals surface area contributed by atoms with Crippen molar-refractivity contribution >= 4 is 54.6 Å². The molecule has 0 radical (unpaired) electrons. The first-order valence-electron chi connectivity index (χ1n) is 12.7. The molecule has 0 saturated carbocycles. The van der Waals surface area contributed by atoms with Crippen LogP contribution in [-0.4, -0.2) is 53.7 Å². The second kappa shape index (κ2) is 12.5. The lowest BCUT2D eigenvalue weighted by Crippen LogP contribution is -2.35. The van der Waals surface area contributed by atoms with Crippen molar-refractivity contribution in [3.63, 3.8) is 0 Å². The van der Waals surface area contributed by atoms with E-state index < -0.39 is 43.8 Å². The van der Waals surface area contributed by atoms with Crippen molar-refractivity contribution in [2.24, 2.45) is 0 Å². The summed E-state index contributed by atoms with van der Waals surface area (Å²) in [5.41, 5.74) is 0.426. The minimum atomic E-state index is -4.99. The van der Waals surface area contributed by atoms with Gasteiger partial charge in [-0.15, -0.1) is 13.2 Å². The lowest BCUT2D eigenvalue weighted by atomic mass is 10.1. The maximum absolute atomic E-state index is 13.7. The number of aromatic nitrogens is 1. The number of ketones is 1. The van der Waals surface area contributed by atoms with Crippen LogP contribution in [0.1, 0.15) is 24.2 Å². The zero-order valence-electron chi connectivity index (χ0n) is 23.1. The molecule has 0 aliphatic rings. The van der Waals surface area contributed by atoms with E-state index in [9.17, 15) is 39.6 Å². The third-order valence-corrected chi connectivity index (χ3v) is 9.93. The fourth-order valence-electron chi connectivity index (χ4n) is 4.30. The average molecular weight is 652 g/mol. The van der Waals surface area contributed by atoms with Crippen LogP contribution in [0.4, 0.5) is 24.7 Å². The van der Waals surface area contributed by atoms with Crippen molar-refractivity contribution in [1.82, 2.24) is 4.98 Å². The van der Waals surface area contributed by atoms with E-state index >= 15 is 0 Å². The number of rotatable bonds is 12. The third kappa shape index (κ3) is 6.60. The van der Waals surface area contributed by atoms with E-state index in [0.717, 1.165) is 34.8 Å². The van der Waals surface area contributed by atoms with Crippen LogP contribution in [0.3, 0.4) is 0 Å². The molecule has 0 amide bonds. The maximum atomic E-state index is 13.7. The van der Waals surface area contributed by atoms with Gasteiger partial charge in [-0.25, -0.2) is 26.1 Å². The fourth-order valence-corrected chi connectivity index (χ4v) is 7.09. The number of carbonyl (C=O) groups is 2. The summed E-state index contributed by atoms with van der Waals surface area (Å²) < 4.78 is 103. The van der Waals surface area contributed by atoms with Gasteiger partial charge in [-0.05, 0) is 50.2 Å². The molecule has 0 fully saturated rings. The van der Waals surface area contributed by atoms with Gasteiger partial charge in [0.15, 0.2) is 18.3 Å². The van der Waals surface area contributed by atoms with E-state index in [1.807, 2.05) is 0 Å². The molecule has 0 unspecified atom stereocenters. The maximum Gasteiger partial charge on any atom is 0.573 e. The molecule has 1 heterocycles. The highest BCUT2D eigenvalue weighted by molar-refractivity contribution is 7.93. The molecule has 0 saturated heterocycles. The smallest absolute Gasteiger partial charge is 0.445 e. The Labute approximate surface area is 250 Å². The highest BCUT2D eigenvalue weighted by Crippen LogP contribution is 2.37. The lowest BCUT2D eigenvalue weighted by molar-refractivity contribution is -0.274. The molecule has 16 heteroatoms. The highest BCUT2D eigenvalue weighted by atomic mass is 32.2. The van der Waals surface area contributed by atoms with Gasteiger partial charge in [-0.2, -0.15) is 0 Å². The van der Waals surface area contributed by atoms with Crippen molar-refractivity contribution in [2.45, 2.75) is 30.0 Å². The lowest BCUT2D eigenvalue weighted by Gasteiger charge is -2.27. The van der Waals surface area contributed by atoms with Crippen LogP contribution >= 0.6 is 0 Å². The molecule has 3 aromatic carbocycles. The predicted octanol–water partition coefficient (Wildman–Crippen LogP) is 4.88. The molecule has 1 aromatic heterocycles. The van der Waals surface area contributed by atoms with Crippen LogP contribution in [0.2, 0.25) is 0 Å². The van der Waals surface area contributed by atoms with E-state index in [4.69, 9.17) is 4.74 Å². The largest absolute Gasteiger partial charge is 0.573 e. The topological polar surface area (TPSA) is 140 Å².